The highest BCUT2D eigenvalue weighted by atomic mass is 127. The van der Waals surface area contributed by atoms with E-state index >= 15 is 0 Å². The third-order valence-electron chi connectivity index (χ3n) is 3.51. The van der Waals surface area contributed by atoms with Crippen LogP contribution in [0.15, 0.2) is 52.9 Å². The van der Waals surface area contributed by atoms with Gasteiger partial charge in [0.2, 0.25) is 11.8 Å². The molecule has 0 atom stereocenters. The van der Waals surface area contributed by atoms with Crippen molar-refractivity contribution in [1.82, 2.24) is 10.2 Å². The molecule has 3 nitrogen and oxygen atoms in total. The van der Waals surface area contributed by atoms with Gasteiger partial charge in [-0.15, -0.1) is 10.2 Å². The Bertz CT molecular complexity index is 768. The van der Waals surface area contributed by atoms with Crippen molar-refractivity contribution in [1.29, 1.82) is 0 Å². The summed E-state index contributed by atoms with van der Waals surface area (Å²) in [6.45, 7) is 6.59. The first-order valence-electron chi connectivity index (χ1n) is 7.14. The fourth-order valence-corrected chi connectivity index (χ4v) is 2.52. The van der Waals surface area contributed by atoms with Crippen molar-refractivity contribution in [2.24, 2.45) is 0 Å². The van der Waals surface area contributed by atoms with Crippen molar-refractivity contribution in [2.45, 2.75) is 26.2 Å². The third-order valence-corrected chi connectivity index (χ3v) is 4.23. The number of nitrogens with zero attached hydrogens (tertiary/aromatic N) is 2. The lowest BCUT2D eigenvalue weighted by atomic mass is 9.87. The number of hydrogen-bond acceptors (Lipinski definition) is 3. The minimum atomic E-state index is 0.139. The van der Waals surface area contributed by atoms with Gasteiger partial charge in [0.05, 0.1) is 0 Å². The van der Waals surface area contributed by atoms with Crippen LogP contribution in [-0.2, 0) is 5.41 Å². The van der Waals surface area contributed by atoms with Crippen molar-refractivity contribution < 1.29 is 4.42 Å². The molecule has 0 amide bonds. The summed E-state index contributed by atoms with van der Waals surface area (Å²) in [5, 5.41) is 8.30. The van der Waals surface area contributed by atoms with Gasteiger partial charge in [0.15, 0.2) is 0 Å². The second kappa shape index (κ2) is 5.83. The molecule has 0 unspecified atom stereocenters. The summed E-state index contributed by atoms with van der Waals surface area (Å²) in [6.07, 6.45) is 0. The molecule has 0 aliphatic rings. The van der Waals surface area contributed by atoms with Crippen LogP contribution >= 0.6 is 22.6 Å². The lowest BCUT2D eigenvalue weighted by molar-refractivity contribution is 0.582. The Balaban J connectivity index is 1.89. The SMILES string of the molecule is CC(C)(C)c1ccc(-c2nnc(-c3ccc(I)cc3)o2)cc1. The van der Waals surface area contributed by atoms with E-state index in [1.54, 1.807) is 0 Å². The molecule has 0 N–H and O–H groups in total. The smallest absolute Gasteiger partial charge is 0.248 e. The van der Waals surface area contributed by atoms with Gasteiger partial charge >= 0.3 is 0 Å². The molecule has 0 aliphatic carbocycles. The van der Waals surface area contributed by atoms with Crippen LogP contribution in [0.1, 0.15) is 26.3 Å². The van der Waals surface area contributed by atoms with Crippen LogP contribution in [0.4, 0.5) is 0 Å². The molecule has 112 valence electrons. The van der Waals surface area contributed by atoms with Gasteiger partial charge in [-0.3, -0.25) is 0 Å². The van der Waals surface area contributed by atoms with Crippen LogP contribution < -0.4 is 0 Å². The second-order valence-corrected chi connectivity index (χ2v) is 7.49. The molecule has 0 bridgehead atoms. The van der Waals surface area contributed by atoms with Gasteiger partial charge < -0.3 is 4.42 Å². The van der Waals surface area contributed by atoms with Gasteiger partial charge in [-0.25, -0.2) is 0 Å². The van der Waals surface area contributed by atoms with Crippen LogP contribution in [0.3, 0.4) is 0 Å². The van der Waals surface area contributed by atoms with E-state index in [2.05, 4.69) is 65.7 Å². The number of hydrogen-bond donors (Lipinski definition) is 0. The molecular formula is C18H17IN2O. The Kier molecular flexibility index (Phi) is 4.04. The van der Waals surface area contributed by atoms with E-state index < -0.39 is 0 Å². The second-order valence-electron chi connectivity index (χ2n) is 6.25. The van der Waals surface area contributed by atoms with Crippen LogP contribution in [0.5, 0.6) is 0 Å². The van der Waals surface area contributed by atoms with Gasteiger partial charge in [-0.2, -0.15) is 0 Å². The summed E-state index contributed by atoms with van der Waals surface area (Å²) in [5.41, 5.74) is 3.30. The number of benzene rings is 2. The lowest BCUT2D eigenvalue weighted by Crippen LogP contribution is -2.10. The van der Waals surface area contributed by atoms with Crippen LogP contribution in [0, 0.1) is 3.57 Å². The molecule has 2 aromatic carbocycles. The van der Waals surface area contributed by atoms with Gasteiger partial charge in [-0.1, -0.05) is 32.9 Å². The first-order chi connectivity index (χ1) is 10.4. The molecule has 3 aromatic rings. The monoisotopic (exact) mass is 404 g/mol. The topological polar surface area (TPSA) is 38.9 Å². The normalized spacial score (nSPS) is 11.6. The summed E-state index contributed by atoms with van der Waals surface area (Å²) >= 11 is 2.27. The van der Waals surface area contributed by atoms with Crippen LogP contribution in [-0.4, -0.2) is 10.2 Å². The van der Waals surface area contributed by atoms with Crippen molar-refractivity contribution in [3.8, 4) is 22.9 Å². The van der Waals surface area contributed by atoms with Gasteiger partial charge in [0, 0.05) is 14.7 Å². The molecular weight excluding hydrogens is 387 g/mol. The van der Waals surface area contributed by atoms with E-state index in [0.717, 1.165) is 11.1 Å². The Morgan fingerprint density at radius 2 is 1.23 bits per heavy atom. The van der Waals surface area contributed by atoms with E-state index in [9.17, 15) is 0 Å². The van der Waals surface area contributed by atoms with Gasteiger partial charge in [-0.05, 0) is 70.0 Å². The van der Waals surface area contributed by atoms with Crippen molar-refractivity contribution in [2.75, 3.05) is 0 Å². The Hall–Kier alpha value is -1.69. The van der Waals surface area contributed by atoms with Gasteiger partial charge in [0.25, 0.3) is 0 Å². The van der Waals surface area contributed by atoms with E-state index in [4.69, 9.17) is 4.42 Å². The Morgan fingerprint density at radius 3 is 1.68 bits per heavy atom. The lowest BCUT2D eigenvalue weighted by Gasteiger charge is -2.18. The Morgan fingerprint density at radius 1 is 0.773 bits per heavy atom. The predicted octanol–water partition coefficient (Wildman–Crippen LogP) is 5.31. The fraction of sp³-hybridized carbons (Fsp3) is 0.222. The fourth-order valence-electron chi connectivity index (χ4n) is 2.16. The molecule has 0 fully saturated rings. The molecule has 0 aliphatic heterocycles. The minimum absolute atomic E-state index is 0.139. The quantitative estimate of drug-likeness (QED) is 0.544. The molecule has 0 radical (unpaired) electrons. The summed E-state index contributed by atoms with van der Waals surface area (Å²) in [7, 11) is 0. The van der Waals surface area contributed by atoms with E-state index in [-0.39, 0.29) is 5.41 Å². The van der Waals surface area contributed by atoms with Crippen LogP contribution in [0.2, 0.25) is 0 Å². The largest absolute Gasteiger partial charge is 0.416 e. The molecule has 22 heavy (non-hydrogen) atoms. The highest BCUT2D eigenvalue weighted by Crippen LogP contribution is 2.27. The summed E-state index contributed by atoms with van der Waals surface area (Å²) in [5.74, 6) is 1.10. The average Bonchev–Trinajstić information content (AvgIpc) is 2.97. The summed E-state index contributed by atoms with van der Waals surface area (Å²) < 4.78 is 6.98. The third kappa shape index (κ3) is 3.21. The molecule has 0 saturated heterocycles. The first kappa shape index (κ1) is 15.2. The Labute approximate surface area is 143 Å². The molecule has 4 heteroatoms. The highest BCUT2D eigenvalue weighted by molar-refractivity contribution is 14.1. The highest BCUT2D eigenvalue weighted by Gasteiger charge is 2.15. The van der Waals surface area contributed by atoms with E-state index in [0.29, 0.717) is 11.8 Å². The summed E-state index contributed by atoms with van der Waals surface area (Å²) in [4.78, 5) is 0. The van der Waals surface area contributed by atoms with Crippen molar-refractivity contribution in [3.05, 3.63) is 57.7 Å². The minimum Gasteiger partial charge on any atom is -0.416 e. The van der Waals surface area contributed by atoms with Gasteiger partial charge in [0.1, 0.15) is 0 Å². The molecule has 3 rings (SSSR count). The number of halogens is 1. The van der Waals surface area contributed by atoms with Crippen molar-refractivity contribution >= 4 is 22.6 Å². The predicted molar refractivity (Wildman–Crippen MR) is 96.6 cm³/mol. The zero-order valence-corrected chi connectivity index (χ0v) is 15.0. The molecule has 0 spiro atoms. The molecule has 0 saturated carbocycles. The molecule has 1 aromatic heterocycles. The maximum atomic E-state index is 5.80. The van der Waals surface area contributed by atoms with Crippen molar-refractivity contribution in [3.63, 3.8) is 0 Å². The van der Waals surface area contributed by atoms with Crippen LogP contribution in [0.25, 0.3) is 22.9 Å². The zero-order chi connectivity index (χ0) is 15.7. The first-order valence-corrected chi connectivity index (χ1v) is 8.22. The summed E-state index contributed by atoms with van der Waals surface area (Å²) in [6, 6.07) is 16.3. The van der Waals surface area contributed by atoms with E-state index in [1.165, 1.54) is 9.13 Å². The maximum absolute atomic E-state index is 5.80. The number of rotatable bonds is 2. The molecule has 1 heterocycles. The average molecular weight is 404 g/mol. The number of aromatic nitrogens is 2. The van der Waals surface area contributed by atoms with E-state index in [1.807, 2.05) is 36.4 Å². The maximum Gasteiger partial charge on any atom is 0.248 e. The zero-order valence-electron chi connectivity index (χ0n) is 12.8. The standard InChI is InChI=1S/C18H17IN2O/c1-18(2,3)14-8-4-12(5-9-14)16-20-21-17(22-16)13-6-10-15(19)11-7-13/h4-11H,1-3H3.